The molecule has 1 saturated carbocycles. The second-order valence-corrected chi connectivity index (χ2v) is 6.39. The number of benzene rings is 1. The van der Waals surface area contributed by atoms with E-state index in [2.05, 4.69) is 12.2 Å². The van der Waals surface area contributed by atoms with Crippen LogP contribution in [0.25, 0.3) is 0 Å². The molecule has 1 aliphatic carbocycles. The first-order chi connectivity index (χ1) is 12.5. The van der Waals surface area contributed by atoms with Crippen LogP contribution in [0.5, 0.6) is 17.2 Å². The number of esters is 1. The van der Waals surface area contributed by atoms with Gasteiger partial charge in [0.15, 0.2) is 18.1 Å². The average molecular weight is 365 g/mol. The van der Waals surface area contributed by atoms with Gasteiger partial charge in [-0.2, -0.15) is 0 Å². The summed E-state index contributed by atoms with van der Waals surface area (Å²) in [5.41, 5.74) is 0.170. The topological polar surface area (TPSA) is 83.1 Å². The number of hydrogen-bond acceptors (Lipinski definition) is 6. The van der Waals surface area contributed by atoms with Gasteiger partial charge in [-0.15, -0.1) is 0 Å². The van der Waals surface area contributed by atoms with Crippen molar-refractivity contribution < 1.29 is 28.5 Å². The molecule has 7 nitrogen and oxygen atoms in total. The summed E-state index contributed by atoms with van der Waals surface area (Å²) in [4.78, 5) is 24.5. The highest BCUT2D eigenvalue weighted by molar-refractivity contribution is 5.95. The molecule has 0 aliphatic heterocycles. The van der Waals surface area contributed by atoms with Gasteiger partial charge in [-0.25, -0.2) is 4.79 Å². The van der Waals surface area contributed by atoms with Gasteiger partial charge in [0, 0.05) is 6.04 Å². The first kappa shape index (κ1) is 19.9. The van der Waals surface area contributed by atoms with Crippen molar-refractivity contribution in [1.82, 2.24) is 5.32 Å². The van der Waals surface area contributed by atoms with E-state index in [-0.39, 0.29) is 29.9 Å². The number of carbonyl (C=O) groups is 2. The van der Waals surface area contributed by atoms with Crippen molar-refractivity contribution in [1.29, 1.82) is 0 Å². The molecule has 1 fully saturated rings. The van der Waals surface area contributed by atoms with E-state index < -0.39 is 5.97 Å². The minimum Gasteiger partial charge on any atom is -0.493 e. The minimum absolute atomic E-state index is 0.144. The van der Waals surface area contributed by atoms with Crippen molar-refractivity contribution in [3.8, 4) is 17.2 Å². The van der Waals surface area contributed by atoms with E-state index in [1.54, 1.807) is 6.07 Å². The third-order valence-corrected chi connectivity index (χ3v) is 4.72. The molecule has 1 N–H and O–H groups in total. The fourth-order valence-corrected chi connectivity index (χ4v) is 3.25. The molecule has 0 radical (unpaired) electrons. The second-order valence-electron chi connectivity index (χ2n) is 6.39. The van der Waals surface area contributed by atoms with Crippen LogP contribution in [0, 0.1) is 5.92 Å². The maximum Gasteiger partial charge on any atom is 0.342 e. The van der Waals surface area contributed by atoms with Gasteiger partial charge in [-0.3, -0.25) is 4.79 Å². The van der Waals surface area contributed by atoms with Crippen LogP contribution in [-0.2, 0) is 9.53 Å². The highest BCUT2D eigenvalue weighted by Crippen LogP contribution is 2.39. The standard InChI is InChI=1S/C19H27NO6/c1-12-7-5-6-8-14(12)20-16(21)11-26-19(22)13-9-10-15(23-2)18(25-4)17(13)24-3/h9-10,12,14H,5-8,11H2,1-4H3,(H,20,21). The van der Waals surface area contributed by atoms with E-state index in [1.165, 1.54) is 33.8 Å². The molecule has 0 aromatic heterocycles. The lowest BCUT2D eigenvalue weighted by Crippen LogP contribution is -2.42. The van der Waals surface area contributed by atoms with Crippen LogP contribution in [0.2, 0.25) is 0 Å². The molecule has 0 heterocycles. The minimum atomic E-state index is -0.658. The first-order valence-corrected chi connectivity index (χ1v) is 8.77. The van der Waals surface area contributed by atoms with Crippen molar-refractivity contribution >= 4 is 11.9 Å². The zero-order chi connectivity index (χ0) is 19.1. The summed E-state index contributed by atoms with van der Waals surface area (Å²) >= 11 is 0. The predicted molar refractivity (Wildman–Crippen MR) is 95.9 cm³/mol. The molecule has 0 bridgehead atoms. The van der Waals surface area contributed by atoms with Gasteiger partial charge < -0.3 is 24.3 Å². The van der Waals surface area contributed by atoms with E-state index in [1.807, 2.05) is 0 Å². The summed E-state index contributed by atoms with van der Waals surface area (Å²) in [5.74, 6) is 0.425. The molecule has 2 unspecified atom stereocenters. The highest BCUT2D eigenvalue weighted by Gasteiger charge is 2.25. The number of rotatable bonds is 7. The third kappa shape index (κ3) is 4.59. The Morgan fingerprint density at radius 3 is 2.35 bits per heavy atom. The molecule has 1 aliphatic rings. The summed E-state index contributed by atoms with van der Waals surface area (Å²) in [6, 6.07) is 3.25. The number of carbonyl (C=O) groups excluding carboxylic acids is 2. The Kier molecular flexibility index (Phi) is 7.12. The summed E-state index contributed by atoms with van der Waals surface area (Å²) in [5, 5.41) is 2.95. The number of methoxy groups -OCH3 is 3. The summed E-state index contributed by atoms with van der Waals surface area (Å²) in [6.45, 7) is 1.80. The molecule has 0 spiro atoms. The number of hydrogen-bond donors (Lipinski definition) is 1. The van der Waals surface area contributed by atoms with Crippen LogP contribution < -0.4 is 19.5 Å². The molecular weight excluding hydrogens is 338 g/mol. The monoisotopic (exact) mass is 365 g/mol. The first-order valence-electron chi connectivity index (χ1n) is 8.77. The summed E-state index contributed by atoms with van der Waals surface area (Å²) in [6.07, 6.45) is 4.37. The SMILES string of the molecule is COc1ccc(C(=O)OCC(=O)NC2CCCCC2C)c(OC)c1OC. The van der Waals surface area contributed by atoms with E-state index in [4.69, 9.17) is 18.9 Å². The van der Waals surface area contributed by atoms with E-state index in [0.717, 1.165) is 19.3 Å². The molecule has 7 heteroatoms. The zero-order valence-electron chi connectivity index (χ0n) is 15.8. The van der Waals surface area contributed by atoms with E-state index in [0.29, 0.717) is 17.4 Å². The van der Waals surface area contributed by atoms with Gasteiger partial charge in [0.1, 0.15) is 5.56 Å². The van der Waals surface area contributed by atoms with Gasteiger partial charge in [0.05, 0.1) is 21.3 Å². The lowest BCUT2D eigenvalue weighted by molar-refractivity contribution is -0.125. The predicted octanol–water partition coefficient (Wildman–Crippen LogP) is 2.56. The molecule has 0 saturated heterocycles. The Morgan fingerprint density at radius 2 is 1.73 bits per heavy atom. The summed E-state index contributed by atoms with van der Waals surface area (Å²) < 4.78 is 20.9. The molecule has 1 amide bonds. The van der Waals surface area contributed by atoms with Crippen molar-refractivity contribution in [3.05, 3.63) is 17.7 Å². The smallest absolute Gasteiger partial charge is 0.342 e. The number of amides is 1. The Labute approximate surface area is 153 Å². The van der Waals surface area contributed by atoms with Gasteiger partial charge >= 0.3 is 5.97 Å². The molecule has 2 atom stereocenters. The molecule has 2 rings (SSSR count). The van der Waals surface area contributed by atoms with Crippen molar-refractivity contribution in [2.75, 3.05) is 27.9 Å². The van der Waals surface area contributed by atoms with Crippen LogP contribution in [0.4, 0.5) is 0 Å². The Balaban J connectivity index is 2.00. The van der Waals surface area contributed by atoms with Gasteiger partial charge in [0.25, 0.3) is 5.91 Å². The van der Waals surface area contributed by atoms with Crippen LogP contribution >= 0.6 is 0 Å². The molecule has 26 heavy (non-hydrogen) atoms. The van der Waals surface area contributed by atoms with Crippen LogP contribution in [0.15, 0.2) is 12.1 Å². The molecule has 144 valence electrons. The van der Waals surface area contributed by atoms with Gasteiger partial charge in [0.2, 0.25) is 5.75 Å². The van der Waals surface area contributed by atoms with Crippen LogP contribution in [0.3, 0.4) is 0 Å². The van der Waals surface area contributed by atoms with Crippen LogP contribution in [-0.4, -0.2) is 45.9 Å². The summed E-state index contributed by atoms with van der Waals surface area (Å²) in [7, 11) is 4.37. The fraction of sp³-hybridized carbons (Fsp3) is 0.579. The zero-order valence-corrected chi connectivity index (χ0v) is 15.8. The Hall–Kier alpha value is -2.44. The maximum absolute atomic E-state index is 12.4. The number of ether oxygens (including phenoxy) is 4. The van der Waals surface area contributed by atoms with Crippen LogP contribution in [0.1, 0.15) is 43.0 Å². The largest absolute Gasteiger partial charge is 0.493 e. The van der Waals surface area contributed by atoms with Crippen molar-refractivity contribution in [2.24, 2.45) is 5.92 Å². The molecule has 1 aromatic rings. The third-order valence-electron chi connectivity index (χ3n) is 4.72. The highest BCUT2D eigenvalue weighted by atomic mass is 16.5. The van der Waals surface area contributed by atoms with Gasteiger partial charge in [-0.05, 0) is 30.9 Å². The van der Waals surface area contributed by atoms with E-state index >= 15 is 0 Å². The molecule has 1 aromatic carbocycles. The quantitative estimate of drug-likeness (QED) is 0.748. The Bertz CT molecular complexity index is 645. The lowest BCUT2D eigenvalue weighted by Gasteiger charge is -2.29. The maximum atomic E-state index is 12.4. The second kappa shape index (κ2) is 9.31. The Morgan fingerprint density at radius 1 is 1.04 bits per heavy atom. The van der Waals surface area contributed by atoms with Crippen molar-refractivity contribution in [3.63, 3.8) is 0 Å². The van der Waals surface area contributed by atoms with Crippen molar-refractivity contribution in [2.45, 2.75) is 38.6 Å². The molecular formula is C19H27NO6. The number of nitrogens with one attached hydrogen (secondary N) is 1. The van der Waals surface area contributed by atoms with E-state index in [9.17, 15) is 9.59 Å². The fourth-order valence-electron chi connectivity index (χ4n) is 3.25. The van der Waals surface area contributed by atoms with Gasteiger partial charge in [-0.1, -0.05) is 19.8 Å². The normalized spacial score (nSPS) is 19.4. The average Bonchev–Trinajstić information content (AvgIpc) is 2.66. The lowest BCUT2D eigenvalue weighted by atomic mass is 9.86.